The summed E-state index contributed by atoms with van der Waals surface area (Å²) in [6.45, 7) is 27.2. The third-order valence-electron chi connectivity index (χ3n) is 7.63. The van der Waals surface area contributed by atoms with Crippen LogP contribution in [0.5, 0.6) is 23.0 Å². The molecule has 0 saturated carbocycles. The van der Waals surface area contributed by atoms with Gasteiger partial charge in [-0.15, -0.1) is 0 Å². The third kappa shape index (κ3) is 13.6. The van der Waals surface area contributed by atoms with E-state index < -0.39 is 0 Å². The molecular formula is C45H57O6W-. The van der Waals surface area contributed by atoms with Gasteiger partial charge in [0.05, 0.1) is 12.4 Å². The third-order valence-corrected chi connectivity index (χ3v) is 7.63. The van der Waals surface area contributed by atoms with Gasteiger partial charge in [-0.25, -0.2) is 0 Å². The monoisotopic (exact) mass is 877 g/mol. The van der Waals surface area contributed by atoms with E-state index in [0.29, 0.717) is 34.6 Å². The van der Waals surface area contributed by atoms with Crippen LogP contribution in [-0.2, 0) is 31.9 Å². The molecule has 280 valence electrons. The van der Waals surface area contributed by atoms with Crippen molar-refractivity contribution in [1.29, 1.82) is 0 Å². The van der Waals surface area contributed by atoms with Gasteiger partial charge in [-0.1, -0.05) is 41.5 Å². The molecule has 0 N–H and O–H groups in total. The first kappa shape index (κ1) is 44.3. The van der Waals surface area contributed by atoms with Crippen LogP contribution in [0.2, 0.25) is 0 Å². The second-order valence-corrected chi connectivity index (χ2v) is 16.7. The zero-order chi connectivity index (χ0) is 38.4. The average Bonchev–Trinajstić information content (AvgIpc) is 3.02. The molecule has 0 heterocycles. The molecule has 0 saturated heterocycles. The molecule has 7 heteroatoms. The molecule has 0 aliphatic rings. The molecule has 0 bridgehead atoms. The van der Waals surface area contributed by atoms with Crippen LogP contribution in [0.25, 0.3) is 0 Å². The predicted octanol–water partition coefficient (Wildman–Crippen LogP) is 11.4. The Morgan fingerprint density at radius 3 is 1.23 bits per heavy atom. The van der Waals surface area contributed by atoms with Gasteiger partial charge in [-0.05, 0) is 155 Å². The van der Waals surface area contributed by atoms with Gasteiger partial charge < -0.3 is 18.9 Å². The molecule has 6 nitrogen and oxygen atoms in total. The number of hydrogen-bond acceptors (Lipinski definition) is 6. The fourth-order valence-electron chi connectivity index (χ4n) is 5.05. The molecule has 0 amide bonds. The van der Waals surface area contributed by atoms with E-state index >= 15 is 0 Å². The summed E-state index contributed by atoms with van der Waals surface area (Å²) in [5.74, 6) is 2.76. The molecule has 4 rings (SSSR count). The number of hydrogen-bond donors (Lipinski definition) is 0. The van der Waals surface area contributed by atoms with E-state index in [-0.39, 0.29) is 54.7 Å². The van der Waals surface area contributed by atoms with Crippen LogP contribution in [0.3, 0.4) is 0 Å². The minimum atomic E-state index is -0.323. The molecule has 0 radical (unpaired) electrons. The number of carbonyl (C=O) groups excluding carboxylic acids is 2. The van der Waals surface area contributed by atoms with Crippen LogP contribution in [0.15, 0.2) is 84.9 Å². The van der Waals surface area contributed by atoms with E-state index in [0.717, 1.165) is 28.4 Å². The number of rotatable bonds is 9. The first-order valence-electron chi connectivity index (χ1n) is 17.5. The van der Waals surface area contributed by atoms with Gasteiger partial charge >= 0.3 is 0 Å². The number of benzene rings is 4. The van der Waals surface area contributed by atoms with Gasteiger partial charge in [-0.3, -0.25) is 9.59 Å². The number of ether oxygens (including phenoxy) is 4. The molecule has 0 unspecified atom stereocenters. The minimum absolute atomic E-state index is 0. The zero-order valence-corrected chi connectivity index (χ0v) is 36.3. The summed E-state index contributed by atoms with van der Waals surface area (Å²) in [6, 6.07) is 25.9. The molecule has 52 heavy (non-hydrogen) atoms. The fourth-order valence-corrected chi connectivity index (χ4v) is 5.05. The summed E-state index contributed by atoms with van der Waals surface area (Å²) in [7, 11) is 3.47. The average molecular weight is 878 g/mol. The van der Waals surface area contributed by atoms with Crippen molar-refractivity contribution in [2.45, 2.75) is 112 Å². The van der Waals surface area contributed by atoms with Crippen LogP contribution in [0.1, 0.15) is 133 Å². The SMILES string of the molecule is CCOc1ccc(C(=O)c2cc(OC(C)(C)C)cc(C(C)(C)C)c2)cc1.[CH2-]Oc1cc(C(=O)c2ccc(OC(C)(C)C)cc2)cc(C(C)(C)C)c1.[W]. The summed E-state index contributed by atoms with van der Waals surface area (Å²) < 4.78 is 22.4. The number of ketones is 2. The normalized spacial score (nSPS) is 11.7. The van der Waals surface area contributed by atoms with Gasteiger partial charge in [-0.2, -0.15) is 7.11 Å². The second-order valence-electron chi connectivity index (χ2n) is 16.7. The fraction of sp³-hybridized carbons (Fsp3) is 0.400. The summed E-state index contributed by atoms with van der Waals surface area (Å²) in [6.07, 6.45) is 0. The summed E-state index contributed by atoms with van der Waals surface area (Å²) in [5, 5.41) is 0. The Balaban J connectivity index is 0.000000354. The predicted molar refractivity (Wildman–Crippen MR) is 208 cm³/mol. The van der Waals surface area contributed by atoms with Gasteiger partial charge in [0, 0.05) is 43.3 Å². The molecule has 0 aliphatic carbocycles. The molecule has 0 atom stereocenters. The van der Waals surface area contributed by atoms with Crippen molar-refractivity contribution in [2.75, 3.05) is 6.61 Å². The Morgan fingerprint density at radius 2 is 0.865 bits per heavy atom. The van der Waals surface area contributed by atoms with Crippen molar-refractivity contribution in [2.24, 2.45) is 0 Å². The maximum atomic E-state index is 13.0. The van der Waals surface area contributed by atoms with Crippen LogP contribution in [-0.4, -0.2) is 29.4 Å². The molecule has 0 aliphatic heterocycles. The van der Waals surface area contributed by atoms with Crippen LogP contribution in [0, 0.1) is 7.11 Å². The molecule has 4 aromatic rings. The zero-order valence-electron chi connectivity index (χ0n) is 33.4. The molecule has 4 aromatic carbocycles. The van der Waals surface area contributed by atoms with Crippen LogP contribution < -0.4 is 18.9 Å². The Labute approximate surface area is 326 Å². The number of carbonyl (C=O) groups is 2. The van der Waals surface area contributed by atoms with E-state index in [2.05, 4.69) is 48.7 Å². The van der Waals surface area contributed by atoms with Gasteiger partial charge in [0.2, 0.25) is 0 Å². The molecule has 0 aromatic heterocycles. The smallest absolute Gasteiger partial charge is 0.193 e. The maximum absolute atomic E-state index is 13.0. The van der Waals surface area contributed by atoms with Crippen LogP contribution >= 0.6 is 0 Å². The Bertz CT molecular complexity index is 1780. The van der Waals surface area contributed by atoms with Crippen molar-refractivity contribution < 1.29 is 49.6 Å². The second kappa shape index (κ2) is 17.8. The summed E-state index contributed by atoms with van der Waals surface area (Å²) in [4.78, 5) is 25.9. The first-order valence-corrected chi connectivity index (χ1v) is 17.5. The van der Waals surface area contributed by atoms with Crippen molar-refractivity contribution >= 4 is 11.6 Å². The van der Waals surface area contributed by atoms with Crippen molar-refractivity contribution in [3.05, 3.63) is 125 Å². The summed E-state index contributed by atoms with van der Waals surface area (Å²) >= 11 is 0. The quantitative estimate of drug-likeness (QED) is 0.123. The van der Waals surface area contributed by atoms with E-state index in [1.807, 2.05) is 103 Å². The van der Waals surface area contributed by atoms with E-state index in [9.17, 15) is 9.59 Å². The van der Waals surface area contributed by atoms with Gasteiger partial charge in [0.25, 0.3) is 0 Å². The van der Waals surface area contributed by atoms with Crippen molar-refractivity contribution in [3.63, 3.8) is 0 Å². The summed E-state index contributed by atoms with van der Waals surface area (Å²) in [5.41, 5.74) is 3.83. The van der Waals surface area contributed by atoms with Gasteiger partial charge in [0.1, 0.15) is 28.5 Å². The Hall–Kier alpha value is -3.89. The van der Waals surface area contributed by atoms with Crippen LogP contribution in [0.4, 0.5) is 0 Å². The van der Waals surface area contributed by atoms with Gasteiger partial charge in [0.15, 0.2) is 11.6 Å². The first-order chi connectivity index (χ1) is 23.5. The van der Waals surface area contributed by atoms with E-state index in [1.165, 1.54) is 0 Å². The van der Waals surface area contributed by atoms with E-state index in [4.69, 9.17) is 18.9 Å². The van der Waals surface area contributed by atoms with Crippen molar-refractivity contribution in [3.8, 4) is 23.0 Å². The Kier molecular flexibility index (Phi) is 15.1. The standard InChI is InChI=1S/C23H30O3.C22H27O3.W/c1-8-25-19-11-9-16(10-12-19)21(24)17-13-18(22(2,3)4)15-20(14-17)26-23(5,6)7;1-21(2,3)17-12-16(13-19(14-17)24-7)20(23)15-8-10-18(11-9-15)25-22(4,5)6;/h9-15H,8H2,1-7H3;8-14H,7H2,1-6H3;/q;-1;. The molecular weight excluding hydrogens is 820 g/mol. The topological polar surface area (TPSA) is 71.1 Å². The van der Waals surface area contributed by atoms with Crippen molar-refractivity contribution in [1.82, 2.24) is 0 Å². The Morgan fingerprint density at radius 1 is 0.500 bits per heavy atom. The van der Waals surface area contributed by atoms with E-state index in [1.54, 1.807) is 30.3 Å². The molecule has 0 fully saturated rings. The minimum Gasteiger partial charge on any atom is -0.665 e. The largest absolute Gasteiger partial charge is 0.665 e. The molecule has 0 spiro atoms. The maximum Gasteiger partial charge on any atom is 0.193 e.